The van der Waals surface area contributed by atoms with E-state index in [1.165, 1.54) is 0 Å². The lowest BCUT2D eigenvalue weighted by molar-refractivity contribution is -0.388. The molecule has 4 aliphatic heterocycles. The summed E-state index contributed by atoms with van der Waals surface area (Å²) in [6, 6.07) is 0. The van der Waals surface area contributed by atoms with Gasteiger partial charge >= 0.3 is 0 Å². The van der Waals surface area contributed by atoms with Crippen LogP contribution in [-0.2, 0) is 37.9 Å². The van der Waals surface area contributed by atoms with Crippen molar-refractivity contribution in [1.82, 2.24) is 0 Å². The number of rotatable bonds is 15. The minimum atomic E-state index is -2.02. The van der Waals surface area contributed by atoms with Crippen molar-refractivity contribution in [2.24, 2.45) is 5.73 Å². The molecule has 294 valence electrons. The minimum absolute atomic E-state index is 0.132. The number of ether oxygens (including phenoxy) is 8. The predicted octanol–water partition coefficient (Wildman–Crippen LogP) is -8.99. The third-order valence-electron chi connectivity index (χ3n) is 9.06. The second-order valence-electron chi connectivity index (χ2n) is 12.5. The zero-order valence-electron chi connectivity index (χ0n) is 26.9. The van der Waals surface area contributed by atoms with Crippen LogP contribution in [0.4, 0.5) is 0 Å². The first-order chi connectivity index (χ1) is 23.8. The van der Waals surface area contributed by atoms with E-state index in [4.69, 9.17) is 43.6 Å². The Morgan fingerprint density at radius 1 is 0.400 bits per heavy atom. The molecular weight excluding hydrogens is 686 g/mol. The third kappa shape index (κ3) is 9.07. The lowest BCUT2D eigenvalue weighted by Gasteiger charge is -2.49. The van der Waals surface area contributed by atoms with Crippen molar-refractivity contribution in [3.63, 3.8) is 0 Å². The molecule has 12 unspecified atom stereocenters. The molecule has 4 saturated heterocycles. The van der Waals surface area contributed by atoms with Gasteiger partial charge in [-0.05, 0) is 19.4 Å². The van der Waals surface area contributed by atoms with Crippen molar-refractivity contribution in [3.8, 4) is 0 Å². The molecule has 20 atom stereocenters. The second kappa shape index (κ2) is 18.9. The topological polar surface area (TPSA) is 363 Å². The van der Waals surface area contributed by atoms with Crippen LogP contribution < -0.4 is 5.73 Å². The number of nitrogens with two attached hydrogens (primary N) is 1. The first kappa shape index (κ1) is 41.9. The van der Waals surface area contributed by atoms with Crippen molar-refractivity contribution in [3.05, 3.63) is 0 Å². The lowest BCUT2D eigenvalue weighted by Crippen LogP contribution is -2.67. The number of unbranched alkanes of at least 4 members (excludes halogenated alkanes) is 1. The van der Waals surface area contributed by atoms with Crippen molar-refractivity contribution < 1.29 is 104 Å². The number of hydrogen-bond acceptors (Lipinski definition) is 22. The molecule has 0 saturated carbocycles. The maximum Gasteiger partial charge on any atom is 0.187 e. The molecule has 0 spiro atoms. The van der Waals surface area contributed by atoms with Crippen LogP contribution in [0.5, 0.6) is 0 Å². The van der Waals surface area contributed by atoms with Crippen LogP contribution in [0.25, 0.3) is 0 Å². The quantitative estimate of drug-likeness (QED) is 0.0694. The van der Waals surface area contributed by atoms with Crippen LogP contribution in [0.15, 0.2) is 0 Å². The fourth-order valence-electron chi connectivity index (χ4n) is 6.11. The standard InChI is InChI=1S/C28H51NO21/c29-3-1-2-4-43-25-19(40)15(36)22(10(6-31)45-25)49-27-21(42)17(38)24(12(8-33)47-27)50-28-20(41)16(37)23(11(7-32)46-28)48-26-18(39)14(35)13(34)9(5-30)44-26/h9-28,30-42H,1-8,29H2/t9?,10?,11?,12?,13-,14?,15?,16?,17?,18?,19?,20?,21?,22+,23+,24+,25-,26+,27-,28-/m0/s1. The predicted molar refractivity (Wildman–Crippen MR) is 156 cm³/mol. The monoisotopic (exact) mass is 737 g/mol. The summed E-state index contributed by atoms with van der Waals surface area (Å²) in [6.45, 7) is -2.75. The number of aliphatic hydroxyl groups is 13. The summed E-state index contributed by atoms with van der Waals surface area (Å²) in [5.74, 6) is 0. The molecule has 4 aliphatic rings. The smallest absolute Gasteiger partial charge is 0.187 e. The summed E-state index contributed by atoms with van der Waals surface area (Å²) >= 11 is 0. The third-order valence-corrected chi connectivity index (χ3v) is 9.06. The van der Waals surface area contributed by atoms with Gasteiger partial charge in [-0.3, -0.25) is 0 Å². The van der Waals surface area contributed by atoms with Crippen LogP contribution in [0.1, 0.15) is 12.8 Å². The number of hydrogen-bond donors (Lipinski definition) is 14. The van der Waals surface area contributed by atoms with Crippen LogP contribution in [-0.4, -0.2) is 229 Å². The van der Waals surface area contributed by atoms with Gasteiger partial charge in [-0.15, -0.1) is 0 Å². The summed E-state index contributed by atoms with van der Waals surface area (Å²) in [5, 5.41) is 135. The zero-order valence-corrected chi connectivity index (χ0v) is 26.9. The molecule has 0 amide bonds. The van der Waals surface area contributed by atoms with E-state index in [1.54, 1.807) is 0 Å². The van der Waals surface area contributed by atoms with Crippen molar-refractivity contribution in [1.29, 1.82) is 0 Å². The van der Waals surface area contributed by atoms with Crippen LogP contribution in [0.3, 0.4) is 0 Å². The van der Waals surface area contributed by atoms with E-state index in [1.807, 2.05) is 0 Å². The van der Waals surface area contributed by atoms with E-state index in [0.29, 0.717) is 19.4 Å². The maximum absolute atomic E-state index is 11.0. The molecule has 4 rings (SSSR count). The minimum Gasteiger partial charge on any atom is -0.394 e. The molecule has 22 nitrogen and oxygen atoms in total. The molecule has 0 aromatic heterocycles. The van der Waals surface area contributed by atoms with Gasteiger partial charge < -0.3 is 110 Å². The normalized spacial score (nSPS) is 48.8. The SMILES string of the molecule is NCCCCO[C@H]1OC(CO)[C@@H](O[C@@H]2OC(CO)[C@@H](O[C@@H]3OC(CO)[C@@H](O[C@H]4OC(CO)[C@H](O)C(O)C4O)C(O)C3O)C(O)C2O)C(O)C1O. The summed E-state index contributed by atoms with van der Waals surface area (Å²) in [7, 11) is 0. The van der Waals surface area contributed by atoms with Crippen LogP contribution in [0.2, 0.25) is 0 Å². The van der Waals surface area contributed by atoms with Gasteiger partial charge in [-0.25, -0.2) is 0 Å². The highest BCUT2D eigenvalue weighted by Gasteiger charge is 2.55. The van der Waals surface area contributed by atoms with E-state index in [0.717, 1.165) is 0 Å². The molecule has 22 heteroatoms. The molecule has 4 fully saturated rings. The van der Waals surface area contributed by atoms with Crippen molar-refractivity contribution >= 4 is 0 Å². The maximum atomic E-state index is 11.0. The number of aliphatic hydroxyl groups excluding tert-OH is 13. The highest BCUT2D eigenvalue weighted by atomic mass is 16.8. The van der Waals surface area contributed by atoms with E-state index >= 15 is 0 Å². The fraction of sp³-hybridized carbons (Fsp3) is 1.00. The Balaban J connectivity index is 1.40. The van der Waals surface area contributed by atoms with Gasteiger partial charge in [0.2, 0.25) is 0 Å². The first-order valence-corrected chi connectivity index (χ1v) is 16.3. The Kier molecular flexibility index (Phi) is 15.9. The Hall–Kier alpha value is -0.880. The Morgan fingerprint density at radius 3 is 1.12 bits per heavy atom. The van der Waals surface area contributed by atoms with E-state index < -0.39 is 149 Å². The Morgan fingerprint density at radius 2 is 0.740 bits per heavy atom. The van der Waals surface area contributed by atoms with E-state index in [9.17, 15) is 66.4 Å². The highest BCUT2D eigenvalue weighted by Crippen LogP contribution is 2.34. The molecule has 0 aromatic rings. The van der Waals surface area contributed by atoms with Gasteiger partial charge in [0.25, 0.3) is 0 Å². The molecule has 0 aliphatic carbocycles. The van der Waals surface area contributed by atoms with Crippen LogP contribution in [0, 0.1) is 0 Å². The molecule has 4 heterocycles. The van der Waals surface area contributed by atoms with E-state index in [-0.39, 0.29) is 6.61 Å². The van der Waals surface area contributed by atoms with Gasteiger partial charge in [0.15, 0.2) is 25.2 Å². The summed E-state index contributed by atoms with van der Waals surface area (Å²) in [4.78, 5) is 0. The van der Waals surface area contributed by atoms with Crippen molar-refractivity contribution in [2.75, 3.05) is 39.6 Å². The average Bonchev–Trinajstić information content (AvgIpc) is 3.11. The molecule has 0 bridgehead atoms. The lowest BCUT2D eigenvalue weighted by atomic mass is 9.95. The highest BCUT2D eigenvalue weighted by molar-refractivity contribution is 4.97. The molecule has 0 radical (unpaired) electrons. The zero-order chi connectivity index (χ0) is 36.9. The molecule has 50 heavy (non-hydrogen) atoms. The van der Waals surface area contributed by atoms with E-state index in [2.05, 4.69) is 0 Å². The van der Waals surface area contributed by atoms with Gasteiger partial charge in [-0.1, -0.05) is 0 Å². The van der Waals surface area contributed by atoms with Gasteiger partial charge in [0.05, 0.1) is 26.4 Å². The summed E-state index contributed by atoms with van der Waals surface area (Å²) in [6.07, 6.45) is -33.0. The van der Waals surface area contributed by atoms with Gasteiger partial charge in [0, 0.05) is 6.61 Å². The fourth-order valence-corrected chi connectivity index (χ4v) is 6.11. The molecule has 0 aromatic carbocycles. The van der Waals surface area contributed by atoms with Gasteiger partial charge in [0.1, 0.15) is 97.7 Å². The Bertz CT molecular complexity index is 997. The van der Waals surface area contributed by atoms with Gasteiger partial charge in [-0.2, -0.15) is 0 Å². The average molecular weight is 738 g/mol. The first-order valence-electron chi connectivity index (χ1n) is 16.3. The van der Waals surface area contributed by atoms with Crippen molar-refractivity contribution in [2.45, 2.75) is 136 Å². The Labute approximate surface area is 285 Å². The summed E-state index contributed by atoms with van der Waals surface area (Å²) in [5.41, 5.74) is 5.45. The molecule has 15 N–H and O–H groups in total. The second-order valence-corrected chi connectivity index (χ2v) is 12.5. The summed E-state index contributed by atoms with van der Waals surface area (Å²) < 4.78 is 44.2. The largest absolute Gasteiger partial charge is 0.394 e. The molecular formula is C28H51NO21. The van der Waals surface area contributed by atoms with Crippen LogP contribution >= 0.6 is 0 Å².